The fraction of sp³-hybridized carbons (Fsp3) is 0.853. The summed E-state index contributed by atoms with van der Waals surface area (Å²) in [6.07, 6.45) is 76.4. The molecule has 0 radical (unpaired) electrons. The first-order valence-corrected chi connectivity index (χ1v) is 34.9. The minimum atomic E-state index is -4.39. The Bertz CT molecular complexity index is 1460. The molecule has 10 heteroatoms. The Morgan fingerprint density at radius 1 is 0.410 bits per heavy atom. The molecule has 0 aliphatic heterocycles. The first-order chi connectivity index (χ1) is 38.0. The zero-order chi connectivity index (χ0) is 57.0. The number of likely N-dealkylation sites (N-methyl/N-ethyl adjacent to an activating group) is 1. The predicted molar refractivity (Wildman–Crippen MR) is 335 cm³/mol. The van der Waals surface area contributed by atoms with Crippen molar-refractivity contribution in [1.82, 2.24) is 0 Å². The second kappa shape index (κ2) is 59.6. The van der Waals surface area contributed by atoms with Crippen LogP contribution in [0.25, 0.3) is 0 Å². The largest absolute Gasteiger partial charge is 0.472 e. The Morgan fingerprint density at radius 3 is 1.09 bits per heavy atom. The van der Waals surface area contributed by atoms with Gasteiger partial charge in [-0.2, -0.15) is 0 Å². The van der Waals surface area contributed by atoms with E-state index in [-0.39, 0.29) is 25.6 Å². The number of quaternary nitrogens is 1. The molecule has 0 fully saturated rings. The maximum absolute atomic E-state index is 12.9. The monoisotopic (exact) mass is 1120 g/mol. The van der Waals surface area contributed by atoms with Crippen molar-refractivity contribution < 1.29 is 42.1 Å². The van der Waals surface area contributed by atoms with Gasteiger partial charge in [0, 0.05) is 12.8 Å². The summed E-state index contributed by atoms with van der Waals surface area (Å²) in [7, 11) is 1.50. The van der Waals surface area contributed by atoms with Crippen molar-refractivity contribution >= 4 is 19.8 Å². The van der Waals surface area contributed by atoms with Gasteiger partial charge in [0.1, 0.15) is 19.8 Å². The minimum absolute atomic E-state index is 0.0345. The number of unbranched alkanes of at least 4 members (excludes halogenated alkanes) is 40. The topological polar surface area (TPSA) is 108 Å². The van der Waals surface area contributed by atoms with Crippen LogP contribution in [0.1, 0.15) is 322 Å². The fourth-order valence-corrected chi connectivity index (χ4v) is 10.5. The molecule has 0 aromatic carbocycles. The Labute approximate surface area is 484 Å². The fourth-order valence-electron chi connectivity index (χ4n) is 9.78. The summed E-state index contributed by atoms with van der Waals surface area (Å²) in [4.78, 5) is 35.8. The molecule has 1 N–H and O–H groups in total. The van der Waals surface area contributed by atoms with Crippen LogP contribution in [0.15, 0.2) is 48.6 Å². The lowest BCUT2D eigenvalue weighted by Crippen LogP contribution is -2.37. The smallest absolute Gasteiger partial charge is 0.462 e. The van der Waals surface area contributed by atoms with E-state index in [2.05, 4.69) is 62.5 Å². The molecule has 2 atom stereocenters. The van der Waals surface area contributed by atoms with Crippen molar-refractivity contribution in [1.29, 1.82) is 0 Å². The van der Waals surface area contributed by atoms with E-state index in [1.54, 1.807) is 0 Å². The molecule has 78 heavy (non-hydrogen) atoms. The zero-order valence-corrected chi connectivity index (χ0v) is 53.1. The predicted octanol–water partition coefficient (Wildman–Crippen LogP) is 21.3. The molecule has 0 aromatic heterocycles. The van der Waals surface area contributed by atoms with E-state index in [9.17, 15) is 19.0 Å². The number of carbonyl (C=O) groups excluding carboxylic acids is 2. The van der Waals surface area contributed by atoms with E-state index in [0.29, 0.717) is 23.9 Å². The molecule has 0 spiro atoms. The van der Waals surface area contributed by atoms with Crippen molar-refractivity contribution in [2.75, 3.05) is 47.5 Å². The van der Waals surface area contributed by atoms with Gasteiger partial charge in [0.25, 0.3) is 0 Å². The lowest BCUT2D eigenvalue weighted by Gasteiger charge is -2.24. The quantitative estimate of drug-likeness (QED) is 0.0211. The van der Waals surface area contributed by atoms with Crippen molar-refractivity contribution in [3.8, 4) is 0 Å². The summed E-state index contributed by atoms with van der Waals surface area (Å²) in [5.41, 5.74) is 0. The van der Waals surface area contributed by atoms with Crippen LogP contribution in [0.3, 0.4) is 0 Å². The van der Waals surface area contributed by atoms with Gasteiger partial charge in [0.15, 0.2) is 6.10 Å². The summed E-state index contributed by atoms with van der Waals surface area (Å²) in [6, 6.07) is 0. The Morgan fingerprint density at radius 2 is 0.731 bits per heavy atom. The molecule has 0 saturated heterocycles. The zero-order valence-electron chi connectivity index (χ0n) is 52.2. The van der Waals surface area contributed by atoms with Crippen molar-refractivity contribution in [3.63, 3.8) is 0 Å². The standard InChI is InChI=1S/C68H128NO8P/c1-6-8-10-12-14-16-18-20-22-24-26-28-29-30-31-32-33-34-35-36-37-38-39-41-43-45-47-49-51-53-55-57-59-61-68(71)77-66(65-76-78(72,73)75-63-62-69(3,4)5)64-74-67(70)60-58-56-54-52-50-48-46-44-42-40-27-25-23-21-19-17-15-13-11-9-7-2/h8,10,14,16,20,22,26,28,66H,6-7,9,11-13,15,17-19,21,23-25,27,29-65H2,1-5H3/p+1/b10-8-,16-14-,22-20-,28-26-. The van der Waals surface area contributed by atoms with Crippen LogP contribution in [0.2, 0.25) is 0 Å². The first kappa shape index (κ1) is 76.0. The number of esters is 2. The molecule has 0 rings (SSSR count). The van der Waals surface area contributed by atoms with Crippen LogP contribution in [0, 0.1) is 0 Å². The number of ether oxygens (including phenoxy) is 2. The van der Waals surface area contributed by atoms with Crippen molar-refractivity contribution in [3.05, 3.63) is 48.6 Å². The van der Waals surface area contributed by atoms with Crippen molar-refractivity contribution in [2.45, 2.75) is 328 Å². The van der Waals surface area contributed by atoms with Gasteiger partial charge in [0.05, 0.1) is 27.7 Å². The van der Waals surface area contributed by atoms with Crippen LogP contribution >= 0.6 is 7.82 Å². The number of phosphoric acid groups is 1. The summed E-state index contributed by atoms with van der Waals surface area (Å²) in [5.74, 6) is -0.777. The van der Waals surface area contributed by atoms with Crippen LogP contribution in [-0.2, 0) is 32.7 Å². The third-order valence-electron chi connectivity index (χ3n) is 14.9. The number of nitrogens with zero attached hydrogens (tertiary/aromatic N) is 1. The molecule has 0 aromatic rings. The molecule has 2 unspecified atom stereocenters. The average Bonchev–Trinajstić information content (AvgIpc) is 3.41. The van der Waals surface area contributed by atoms with E-state index >= 15 is 0 Å². The van der Waals surface area contributed by atoms with Crippen LogP contribution in [0.4, 0.5) is 0 Å². The van der Waals surface area contributed by atoms with E-state index in [4.69, 9.17) is 18.5 Å². The van der Waals surface area contributed by atoms with Crippen LogP contribution in [0.5, 0.6) is 0 Å². The van der Waals surface area contributed by atoms with Gasteiger partial charge in [-0.25, -0.2) is 4.57 Å². The molecular weight excluding hydrogens is 990 g/mol. The van der Waals surface area contributed by atoms with Crippen LogP contribution in [-0.4, -0.2) is 74.9 Å². The third kappa shape index (κ3) is 63.2. The highest BCUT2D eigenvalue weighted by molar-refractivity contribution is 7.47. The van der Waals surface area contributed by atoms with Gasteiger partial charge in [-0.3, -0.25) is 18.6 Å². The Hall–Kier alpha value is -2.03. The second-order valence-electron chi connectivity index (χ2n) is 23.8. The maximum atomic E-state index is 12.9. The first-order valence-electron chi connectivity index (χ1n) is 33.4. The van der Waals surface area contributed by atoms with Gasteiger partial charge in [-0.15, -0.1) is 0 Å². The normalized spacial score (nSPS) is 13.5. The lowest BCUT2D eigenvalue weighted by atomic mass is 10.0. The van der Waals surface area contributed by atoms with E-state index in [0.717, 1.165) is 57.8 Å². The van der Waals surface area contributed by atoms with Crippen LogP contribution < -0.4 is 0 Å². The average molecular weight is 1120 g/mol. The molecule has 458 valence electrons. The van der Waals surface area contributed by atoms with Gasteiger partial charge in [-0.05, 0) is 51.4 Å². The number of rotatable bonds is 62. The number of phosphoric ester groups is 1. The second-order valence-corrected chi connectivity index (χ2v) is 25.3. The lowest BCUT2D eigenvalue weighted by molar-refractivity contribution is -0.870. The minimum Gasteiger partial charge on any atom is -0.462 e. The summed E-state index contributed by atoms with van der Waals surface area (Å²) < 4.78 is 34.7. The summed E-state index contributed by atoms with van der Waals surface area (Å²) in [6.45, 7) is 4.38. The van der Waals surface area contributed by atoms with Gasteiger partial charge >= 0.3 is 19.8 Å². The summed E-state index contributed by atoms with van der Waals surface area (Å²) >= 11 is 0. The molecule has 0 heterocycles. The van der Waals surface area contributed by atoms with Gasteiger partial charge < -0.3 is 18.9 Å². The highest BCUT2D eigenvalue weighted by Gasteiger charge is 2.27. The number of carbonyl (C=O) groups is 2. The molecule has 0 aliphatic rings. The van der Waals surface area contributed by atoms with Crippen molar-refractivity contribution in [2.24, 2.45) is 0 Å². The molecule has 0 saturated carbocycles. The Kier molecular flexibility index (Phi) is 58.0. The number of allylic oxidation sites excluding steroid dienone is 8. The summed E-state index contributed by atoms with van der Waals surface area (Å²) in [5, 5.41) is 0. The molecule has 0 amide bonds. The van der Waals surface area contributed by atoms with E-state index in [1.165, 1.54) is 231 Å². The third-order valence-corrected chi connectivity index (χ3v) is 15.9. The highest BCUT2D eigenvalue weighted by Crippen LogP contribution is 2.43. The molecule has 9 nitrogen and oxygen atoms in total. The highest BCUT2D eigenvalue weighted by atomic mass is 31.2. The molecule has 0 bridgehead atoms. The number of hydrogen-bond donors (Lipinski definition) is 1. The van der Waals surface area contributed by atoms with Gasteiger partial charge in [-0.1, -0.05) is 306 Å². The maximum Gasteiger partial charge on any atom is 0.472 e. The molecular formula is C68H129NO8P+. The Balaban J connectivity index is 4.00. The van der Waals surface area contributed by atoms with E-state index in [1.807, 2.05) is 21.1 Å². The number of hydrogen-bond acceptors (Lipinski definition) is 7. The molecule has 0 aliphatic carbocycles. The SMILES string of the molecule is CC/C=C\C/C=C\C/C=C\C/C=C\CCCCCCCCCCCCCCCCCCCCCCC(=O)OC(COC(=O)CCCCCCCCCCCCCCCCCCCCCCC)COP(=O)(O)OCC[N+](C)(C)C. The van der Waals surface area contributed by atoms with E-state index < -0.39 is 26.5 Å². The van der Waals surface area contributed by atoms with Gasteiger partial charge in [0.2, 0.25) is 0 Å².